The van der Waals surface area contributed by atoms with Gasteiger partial charge in [-0.3, -0.25) is 9.78 Å². The van der Waals surface area contributed by atoms with Crippen LogP contribution in [0.1, 0.15) is 29.0 Å². The van der Waals surface area contributed by atoms with Crippen molar-refractivity contribution in [2.75, 3.05) is 0 Å². The van der Waals surface area contributed by atoms with Gasteiger partial charge in [-0.25, -0.2) is 0 Å². The van der Waals surface area contributed by atoms with E-state index in [2.05, 4.69) is 39.5 Å². The first kappa shape index (κ1) is 16.3. The molecule has 0 spiro atoms. The Morgan fingerprint density at radius 1 is 1.25 bits per heavy atom. The second-order valence-electron chi connectivity index (χ2n) is 5.23. The Morgan fingerprint density at radius 3 is 2.88 bits per heavy atom. The standard InChI is InChI=1S/C17H18N4O2S/c1-2-12-6-7-13(24-12)11-19-15(22)8-9-16-20-17(21-23-16)14-5-3-4-10-18-14/h3-7,10H,2,8-9,11H2,1H3,(H,19,22). The predicted molar refractivity (Wildman–Crippen MR) is 91.4 cm³/mol. The van der Waals surface area contributed by atoms with E-state index in [9.17, 15) is 4.79 Å². The van der Waals surface area contributed by atoms with Crippen LogP contribution in [0.2, 0.25) is 0 Å². The highest BCUT2D eigenvalue weighted by Crippen LogP contribution is 2.16. The molecule has 7 heteroatoms. The van der Waals surface area contributed by atoms with Gasteiger partial charge in [0.2, 0.25) is 17.6 Å². The molecule has 6 nitrogen and oxygen atoms in total. The van der Waals surface area contributed by atoms with E-state index in [0.717, 1.165) is 11.3 Å². The molecule has 3 heterocycles. The van der Waals surface area contributed by atoms with E-state index in [1.807, 2.05) is 18.2 Å². The summed E-state index contributed by atoms with van der Waals surface area (Å²) in [6.07, 6.45) is 3.42. The third-order valence-electron chi connectivity index (χ3n) is 3.45. The molecule has 0 saturated heterocycles. The monoisotopic (exact) mass is 342 g/mol. The number of amides is 1. The normalized spacial score (nSPS) is 10.7. The van der Waals surface area contributed by atoms with E-state index in [-0.39, 0.29) is 5.91 Å². The van der Waals surface area contributed by atoms with Gasteiger partial charge in [-0.05, 0) is 30.7 Å². The van der Waals surface area contributed by atoms with Crippen molar-refractivity contribution >= 4 is 17.2 Å². The maximum absolute atomic E-state index is 11.9. The number of nitrogens with zero attached hydrogens (tertiary/aromatic N) is 3. The molecule has 24 heavy (non-hydrogen) atoms. The molecule has 3 aromatic heterocycles. The molecule has 0 saturated carbocycles. The lowest BCUT2D eigenvalue weighted by atomic mass is 10.3. The fourth-order valence-corrected chi connectivity index (χ4v) is 3.05. The molecule has 0 fully saturated rings. The first-order valence-electron chi connectivity index (χ1n) is 7.83. The molecule has 0 aliphatic carbocycles. The number of carbonyl (C=O) groups excluding carboxylic acids is 1. The average molecular weight is 342 g/mol. The van der Waals surface area contributed by atoms with Crippen molar-refractivity contribution in [3.63, 3.8) is 0 Å². The van der Waals surface area contributed by atoms with E-state index in [4.69, 9.17) is 4.52 Å². The Hall–Kier alpha value is -2.54. The van der Waals surface area contributed by atoms with Crippen molar-refractivity contribution in [2.45, 2.75) is 32.7 Å². The summed E-state index contributed by atoms with van der Waals surface area (Å²) < 4.78 is 5.17. The summed E-state index contributed by atoms with van der Waals surface area (Å²) in [5.74, 6) is 0.853. The van der Waals surface area contributed by atoms with Gasteiger partial charge < -0.3 is 9.84 Å². The maximum atomic E-state index is 11.9. The highest BCUT2D eigenvalue weighted by molar-refractivity contribution is 7.11. The van der Waals surface area contributed by atoms with Crippen LogP contribution in [0.25, 0.3) is 11.5 Å². The van der Waals surface area contributed by atoms with E-state index >= 15 is 0 Å². The quantitative estimate of drug-likeness (QED) is 0.714. The zero-order valence-corrected chi connectivity index (χ0v) is 14.2. The first-order valence-corrected chi connectivity index (χ1v) is 8.64. The lowest BCUT2D eigenvalue weighted by Gasteiger charge is -2.01. The molecule has 0 atom stereocenters. The number of carbonyl (C=O) groups is 1. The van der Waals surface area contributed by atoms with Crippen molar-refractivity contribution in [1.29, 1.82) is 0 Å². The molecule has 3 aromatic rings. The highest BCUT2D eigenvalue weighted by Gasteiger charge is 2.11. The van der Waals surface area contributed by atoms with Gasteiger partial charge in [0.1, 0.15) is 5.69 Å². The van der Waals surface area contributed by atoms with Gasteiger partial charge in [0.15, 0.2) is 0 Å². The molecule has 0 aromatic carbocycles. The van der Waals surface area contributed by atoms with Crippen LogP contribution in [-0.4, -0.2) is 21.0 Å². The van der Waals surface area contributed by atoms with Crippen LogP contribution in [0.15, 0.2) is 41.1 Å². The number of aromatic nitrogens is 3. The van der Waals surface area contributed by atoms with Crippen LogP contribution < -0.4 is 5.32 Å². The fourth-order valence-electron chi connectivity index (χ4n) is 2.16. The molecule has 0 aliphatic rings. The largest absolute Gasteiger partial charge is 0.351 e. The van der Waals surface area contributed by atoms with E-state index in [1.54, 1.807) is 17.5 Å². The summed E-state index contributed by atoms with van der Waals surface area (Å²) in [5.41, 5.74) is 0.654. The van der Waals surface area contributed by atoms with Crippen molar-refractivity contribution < 1.29 is 9.32 Å². The van der Waals surface area contributed by atoms with Gasteiger partial charge in [0.25, 0.3) is 0 Å². The molecule has 0 aliphatic heterocycles. The van der Waals surface area contributed by atoms with Gasteiger partial charge in [-0.15, -0.1) is 11.3 Å². The molecule has 1 amide bonds. The van der Waals surface area contributed by atoms with Crippen molar-refractivity contribution in [3.8, 4) is 11.5 Å². The zero-order chi connectivity index (χ0) is 16.8. The number of hydrogen-bond acceptors (Lipinski definition) is 6. The molecular weight excluding hydrogens is 324 g/mol. The van der Waals surface area contributed by atoms with E-state index in [0.29, 0.717) is 36.8 Å². The average Bonchev–Trinajstić information content (AvgIpc) is 3.28. The number of hydrogen-bond donors (Lipinski definition) is 1. The number of thiophene rings is 1. The Balaban J connectivity index is 1.47. The summed E-state index contributed by atoms with van der Waals surface area (Å²) in [6.45, 7) is 2.68. The maximum Gasteiger partial charge on any atom is 0.227 e. The van der Waals surface area contributed by atoms with Crippen molar-refractivity contribution in [1.82, 2.24) is 20.4 Å². The Kier molecular flexibility index (Phi) is 5.32. The van der Waals surface area contributed by atoms with Crippen LogP contribution in [0.5, 0.6) is 0 Å². The lowest BCUT2D eigenvalue weighted by Crippen LogP contribution is -2.22. The number of pyridine rings is 1. The molecule has 0 unspecified atom stereocenters. The topological polar surface area (TPSA) is 80.9 Å². The second kappa shape index (κ2) is 7.83. The van der Waals surface area contributed by atoms with Gasteiger partial charge in [0.05, 0.1) is 6.54 Å². The molecular formula is C17H18N4O2S. The van der Waals surface area contributed by atoms with Crippen LogP contribution >= 0.6 is 11.3 Å². The smallest absolute Gasteiger partial charge is 0.227 e. The van der Waals surface area contributed by atoms with Gasteiger partial charge >= 0.3 is 0 Å². The van der Waals surface area contributed by atoms with Gasteiger partial charge in [-0.2, -0.15) is 4.98 Å². The number of rotatable bonds is 7. The van der Waals surface area contributed by atoms with Crippen LogP contribution in [0, 0.1) is 0 Å². The molecule has 0 radical (unpaired) electrons. The molecule has 124 valence electrons. The highest BCUT2D eigenvalue weighted by atomic mass is 32.1. The minimum Gasteiger partial charge on any atom is -0.351 e. The predicted octanol–water partition coefficient (Wildman–Crippen LogP) is 3.00. The summed E-state index contributed by atoms with van der Waals surface area (Å²) in [7, 11) is 0. The molecule has 3 rings (SSSR count). The Labute approximate surface area is 143 Å². The lowest BCUT2D eigenvalue weighted by molar-refractivity contribution is -0.121. The van der Waals surface area contributed by atoms with Crippen LogP contribution in [0.3, 0.4) is 0 Å². The van der Waals surface area contributed by atoms with E-state index < -0.39 is 0 Å². The third kappa shape index (κ3) is 4.26. The van der Waals surface area contributed by atoms with Crippen LogP contribution in [0.4, 0.5) is 0 Å². The van der Waals surface area contributed by atoms with Gasteiger partial charge in [0, 0.05) is 28.8 Å². The second-order valence-corrected chi connectivity index (χ2v) is 6.48. The minimum absolute atomic E-state index is 0.0287. The fraction of sp³-hybridized carbons (Fsp3) is 0.294. The first-order chi connectivity index (χ1) is 11.7. The van der Waals surface area contributed by atoms with Crippen molar-refractivity contribution in [3.05, 3.63) is 52.2 Å². The van der Waals surface area contributed by atoms with Gasteiger partial charge in [-0.1, -0.05) is 18.1 Å². The summed E-state index contributed by atoms with van der Waals surface area (Å²) in [6, 6.07) is 9.66. The summed E-state index contributed by atoms with van der Waals surface area (Å²) in [5, 5.41) is 6.81. The minimum atomic E-state index is -0.0287. The number of nitrogens with one attached hydrogen (secondary N) is 1. The van der Waals surface area contributed by atoms with Crippen LogP contribution in [-0.2, 0) is 24.2 Å². The number of aryl methyl sites for hydroxylation is 2. The Bertz CT molecular complexity index is 798. The Morgan fingerprint density at radius 2 is 2.12 bits per heavy atom. The third-order valence-corrected chi connectivity index (χ3v) is 4.68. The summed E-state index contributed by atoms with van der Waals surface area (Å²) in [4.78, 5) is 22.9. The van der Waals surface area contributed by atoms with E-state index in [1.165, 1.54) is 4.88 Å². The summed E-state index contributed by atoms with van der Waals surface area (Å²) >= 11 is 1.73. The molecule has 1 N–H and O–H groups in total. The zero-order valence-electron chi connectivity index (χ0n) is 13.4. The SMILES string of the molecule is CCc1ccc(CNC(=O)CCc2nc(-c3ccccn3)no2)s1. The molecule has 0 bridgehead atoms. The van der Waals surface area contributed by atoms with Crippen molar-refractivity contribution in [2.24, 2.45) is 0 Å².